The van der Waals surface area contributed by atoms with Crippen LogP contribution in [0.15, 0.2) is 24.4 Å². The molecule has 1 saturated carbocycles. The van der Waals surface area contributed by atoms with Crippen LogP contribution in [-0.4, -0.2) is 16.2 Å². The first-order valence-corrected chi connectivity index (χ1v) is 4.47. The van der Waals surface area contributed by atoms with E-state index in [-0.39, 0.29) is 12.0 Å². The van der Waals surface area contributed by atoms with Gasteiger partial charge in [-0.15, -0.1) is 0 Å². The number of rotatable bonds is 1. The molecule has 1 N–H and O–H groups in total. The molecule has 0 aliphatic heterocycles. The monoisotopic (exact) mass is 163 g/mol. The summed E-state index contributed by atoms with van der Waals surface area (Å²) in [6, 6.07) is 5.89. The molecule has 0 saturated heterocycles. The lowest BCUT2D eigenvalue weighted by Crippen LogP contribution is -2.11. The van der Waals surface area contributed by atoms with Crippen molar-refractivity contribution in [1.29, 1.82) is 0 Å². The second-order valence-electron chi connectivity index (χ2n) is 3.36. The molecule has 1 aliphatic rings. The van der Waals surface area contributed by atoms with E-state index in [0.717, 1.165) is 25.0 Å². The highest BCUT2D eigenvalue weighted by atomic mass is 16.3. The van der Waals surface area contributed by atoms with Crippen molar-refractivity contribution >= 4 is 0 Å². The molecule has 1 aliphatic carbocycles. The maximum Gasteiger partial charge on any atom is 0.0623 e. The van der Waals surface area contributed by atoms with Crippen LogP contribution in [0.5, 0.6) is 0 Å². The first kappa shape index (κ1) is 7.74. The largest absolute Gasteiger partial charge is 0.392 e. The van der Waals surface area contributed by atoms with Gasteiger partial charge in [-0.25, -0.2) is 0 Å². The first-order valence-electron chi connectivity index (χ1n) is 4.47. The topological polar surface area (TPSA) is 33.1 Å². The Balaban J connectivity index is 2.19. The molecule has 2 nitrogen and oxygen atoms in total. The lowest BCUT2D eigenvalue weighted by atomic mass is 10.0. The SMILES string of the molecule is O[C@@H]1CCC[C@H]1c1ccccn1. The van der Waals surface area contributed by atoms with E-state index < -0.39 is 0 Å². The number of nitrogens with zero attached hydrogens (tertiary/aromatic N) is 1. The minimum Gasteiger partial charge on any atom is -0.392 e. The van der Waals surface area contributed by atoms with Crippen molar-refractivity contribution in [2.75, 3.05) is 0 Å². The van der Waals surface area contributed by atoms with Crippen LogP contribution in [0.25, 0.3) is 0 Å². The van der Waals surface area contributed by atoms with Gasteiger partial charge in [0, 0.05) is 17.8 Å². The van der Waals surface area contributed by atoms with Gasteiger partial charge in [0.05, 0.1) is 6.10 Å². The van der Waals surface area contributed by atoms with Gasteiger partial charge in [-0.1, -0.05) is 12.5 Å². The Morgan fingerprint density at radius 2 is 2.25 bits per heavy atom. The Morgan fingerprint density at radius 3 is 2.83 bits per heavy atom. The summed E-state index contributed by atoms with van der Waals surface area (Å²) in [5, 5.41) is 9.60. The summed E-state index contributed by atoms with van der Waals surface area (Å²) < 4.78 is 0. The third-order valence-electron chi connectivity index (χ3n) is 2.55. The molecule has 0 unspecified atom stereocenters. The molecule has 64 valence electrons. The molecule has 2 heteroatoms. The lowest BCUT2D eigenvalue weighted by Gasteiger charge is -2.12. The van der Waals surface area contributed by atoms with Crippen LogP contribution in [0, 0.1) is 0 Å². The Morgan fingerprint density at radius 1 is 1.33 bits per heavy atom. The molecule has 0 spiro atoms. The third-order valence-corrected chi connectivity index (χ3v) is 2.55. The van der Waals surface area contributed by atoms with Crippen LogP contribution >= 0.6 is 0 Å². The van der Waals surface area contributed by atoms with Gasteiger partial charge in [0.15, 0.2) is 0 Å². The molecule has 2 atom stereocenters. The van der Waals surface area contributed by atoms with Crippen LogP contribution in [0.4, 0.5) is 0 Å². The summed E-state index contributed by atoms with van der Waals surface area (Å²) in [5.74, 6) is 0.284. The number of hydrogen-bond donors (Lipinski definition) is 1. The lowest BCUT2D eigenvalue weighted by molar-refractivity contribution is 0.162. The second kappa shape index (κ2) is 3.23. The zero-order chi connectivity index (χ0) is 8.39. The third kappa shape index (κ3) is 1.34. The van der Waals surface area contributed by atoms with Gasteiger partial charge >= 0.3 is 0 Å². The van der Waals surface area contributed by atoms with E-state index in [1.165, 1.54) is 0 Å². The fraction of sp³-hybridized carbons (Fsp3) is 0.500. The summed E-state index contributed by atoms with van der Waals surface area (Å²) in [6.07, 6.45) is 4.77. The summed E-state index contributed by atoms with van der Waals surface area (Å²) in [4.78, 5) is 4.25. The van der Waals surface area contributed by atoms with Gasteiger partial charge in [-0.05, 0) is 25.0 Å². The maximum absolute atomic E-state index is 9.60. The molecular formula is C10H13NO. The van der Waals surface area contributed by atoms with Crippen molar-refractivity contribution in [2.45, 2.75) is 31.3 Å². The predicted octanol–water partition coefficient (Wildman–Crippen LogP) is 1.71. The van der Waals surface area contributed by atoms with Gasteiger partial charge in [0.2, 0.25) is 0 Å². The van der Waals surface area contributed by atoms with E-state index in [1.54, 1.807) is 6.20 Å². The average Bonchev–Trinajstić information content (AvgIpc) is 2.53. The highest BCUT2D eigenvalue weighted by molar-refractivity contribution is 5.12. The van der Waals surface area contributed by atoms with Crippen LogP contribution in [-0.2, 0) is 0 Å². The molecule has 2 rings (SSSR count). The molecule has 0 radical (unpaired) electrons. The number of aliphatic hydroxyl groups excluding tert-OH is 1. The van der Waals surface area contributed by atoms with Gasteiger partial charge < -0.3 is 5.11 Å². The summed E-state index contributed by atoms with van der Waals surface area (Å²) in [6.45, 7) is 0. The summed E-state index contributed by atoms with van der Waals surface area (Å²) >= 11 is 0. The Kier molecular flexibility index (Phi) is 2.09. The molecule has 1 fully saturated rings. The normalized spacial score (nSPS) is 29.1. The van der Waals surface area contributed by atoms with Crippen LogP contribution < -0.4 is 0 Å². The van der Waals surface area contributed by atoms with E-state index in [0.29, 0.717) is 0 Å². The van der Waals surface area contributed by atoms with Crippen LogP contribution in [0.1, 0.15) is 30.9 Å². The molecule has 1 aromatic rings. The fourth-order valence-electron chi connectivity index (χ4n) is 1.88. The fourth-order valence-corrected chi connectivity index (χ4v) is 1.88. The average molecular weight is 163 g/mol. The Hall–Kier alpha value is -0.890. The second-order valence-corrected chi connectivity index (χ2v) is 3.36. The molecule has 12 heavy (non-hydrogen) atoms. The van der Waals surface area contributed by atoms with Gasteiger partial charge in [-0.2, -0.15) is 0 Å². The highest BCUT2D eigenvalue weighted by Gasteiger charge is 2.27. The quantitative estimate of drug-likeness (QED) is 0.683. The summed E-state index contributed by atoms with van der Waals surface area (Å²) in [5.41, 5.74) is 1.04. The maximum atomic E-state index is 9.60. The standard InChI is InChI=1S/C10H13NO/c12-10-6-3-4-8(10)9-5-1-2-7-11-9/h1-2,5,7-8,10,12H,3-4,6H2/t8-,10+/m0/s1. The highest BCUT2D eigenvalue weighted by Crippen LogP contribution is 2.32. The van der Waals surface area contributed by atoms with Gasteiger partial charge in [0.25, 0.3) is 0 Å². The predicted molar refractivity (Wildman–Crippen MR) is 46.8 cm³/mol. The van der Waals surface area contributed by atoms with Crippen molar-refractivity contribution in [2.24, 2.45) is 0 Å². The first-order chi connectivity index (χ1) is 5.88. The van der Waals surface area contributed by atoms with Crippen LogP contribution in [0.2, 0.25) is 0 Å². The molecule has 1 heterocycles. The van der Waals surface area contributed by atoms with E-state index in [1.807, 2.05) is 18.2 Å². The van der Waals surface area contributed by atoms with E-state index in [4.69, 9.17) is 0 Å². The van der Waals surface area contributed by atoms with E-state index in [2.05, 4.69) is 4.98 Å². The number of aromatic nitrogens is 1. The van der Waals surface area contributed by atoms with Crippen molar-refractivity contribution in [3.05, 3.63) is 30.1 Å². The zero-order valence-corrected chi connectivity index (χ0v) is 6.98. The summed E-state index contributed by atoms with van der Waals surface area (Å²) in [7, 11) is 0. The minimum absolute atomic E-state index is 0.167. The number of aliphatic hydroxyl groups is 1. The Labute approximate surface area is 72.3 Å². The smallest absolute Gasteiger partial charge is 0.0623 e. The number of pyridine rings is 1. The molecule has 0 amide bonds. The zero-order valence-electron chi connectivity index (χ0n) is 6.98. The van der Waals surface area contributed by atoms with Crippen molar-refractivity contribution < 1.29 is 5.11 Å². The van der Waals surface area contributed by atoms with Crippen molar-refractivity contribution in [3.8, 4) is 0 Å². The minimum atomic E-state index is -0.167. The van der Waals surface area contributed by atoms with Crippen LogP contribution in [0.3, 0.4) is 0 Å². The molecule has 1 aromatic heterocycles. The Bertz CT molecular complexity index is 247. The van der Waals surface area contributed by atoms with Gasteiger partial charge in [0.1, 0.15) is 0 Å². The van der Waals surface area contributed by atoms with Crippen molar-refractivity contribution in [1.82, 2.24) is 4.98 Å². The van der Waals surface area contributed by atoms with Gasteiger partial charge in [-0.3, -0.25) is 4.98 Å². The molecular weight excluding hydrogens is 150 g/mol. The molecule has 0 aromatic carbocycles. The van der Waals surface area contributed by atoms with Crippen molar-refractivity contribution in [3.63, 3.8) is 0 Å². The molecule has 0 bridgehead atoms. The van der Waals surface area contributed by atoms with E-state index in [9.17, 15) is 5.11 Å². The van der Waals surface area contributed by atoms with E-state index >= 15 is 0 Å². The number of hydrogen-bond acceptors (Lipinski definition) is 2.